The van der Waals surface area contributed by atoms with E-state index in [4.69, 9.17) is 14.7 Å². The SMILES string of the molecule is N#Cc1ccc(Br)cc1OC1COC1. The van der Waals surface area contributed by atoms with Crippen molar-refractivity contribution in [3.8, 4) is 11.8 Å². The summed E-state index contributed by atoms with van der Waals surface area (Å²) in [7, 11) is 0. The Balaban J connectivity index is 2.21. The Morgan fingerprint density at radius 1 is 1.50 bits per heavy atom. The smallest absolute Gasteiger partial charge is 0.145 e. The van der Waals surface area contributed by atoms with Crippen molar-refractivity contribution in [3.63, 3.8) is 0 Å². The number of nitriles is 1. The molecule has 0 bridgehead atoms. The molecule has 72 valence electrons. The van der Waals surface area contributed by atoms with Crippen LogP contribution in [0.5, 0.6) is 5.75 Å². The summed E-state index contributed by atoms with van der Waals surface area (Å²) in [6, 6.07) is 7.45. The van der Waals surface area contributed by atoms with E-state index in [9.17, 15) is 0 Å². The summed E-state index contributed by atoms with van der Waals surface area (Å²) < 4.78 is 11.5. The highest BCUT2D eigenvalue weighted by Crippen LogP contribution is 2.25. The van der Waals surface area contributed by atoms with Gasteiger partial charge in [0.15, 0.2) is 0 Å². The molecule has 0 unspecified atom stereocenters. The third-order valence-corrected chi connectivity index (χ3v) is 2.46. The number of rotatable bonds is 2. The van der Waals surface area contributed by atoms with E-state index < -0.39 is 0 Å². The number of hydrogen-bond donors (Lipinski definition) is 0. The van der Waals surface area contributed by atoms with E-state index in [2.05, 4.69) is 22.0 Å². The van der Waals surface area contributed by atoms with Crippen LogP contribution < -0.4 is 4.74 Å². The van der Waals surface area contributed by atoms with Gasteiger partial charge in [-0.25, -0.2) is 0 Å². The molecule has 0 aliphatic carbocycles. The number of hydrogen-bond acceptors (Lipinski definition) is 3. The molecule has 0 N–H and O–H groups in total. The zero-order valence-corrected chi connectivity index (χ0v) is 8.95. The van der Waals surface area contributed by atoms with E-state index in [1.165, 1.54) is 0 Å². The predicted octanol–water partition coefficient (Wildman–Crippen LogP) is 2.10. The fraction of sp³-hybridized carbons (Fsp3) is 0.300. The lowest BCUT2D eigenvalue weighted by Crippen LogP contribution is -2.38. The molecular weight excluding hydrogens is 246 g/mol. The molecule has 0 amide bonds. The first-order chi connectivity index (χ1) is 6.79. The quantitative estimate of drug-likeness (QED) is 0.811. The minimum absolute atomic E-state index is 0.0939. The van der Waals surface area contributed by atoms with Crippen LogP contribution in [-0.2, 0) is 4.74 Å². The molecule has 1 aliphatic rings. The van der Waals surface area contributed by atoms with Gasteiger partial charge in [-0.3, -0.25) is 0 Å². The third-order valence-electron chi connectivity index (χ3n) is 1.97. The van der Waals surface area contributed by atoms with Crippen LogP contribution in [-0.4, -0.2) is 19.3 Å². The van der Waals surface area contributed by atoms with Crippen molar-refractivity contribution in [1.82, 2.24) is 0 Å². The maximum Gasteiger partial charge on any atom is 0.145 e. The van der Waals surface area contributed by atoms with Crippen molar-refractivity contribution < 1.29 is 9.47 Å². The van der Waals surface area contributed by atoms with Crippen LogP contribution in [0.25, 0.3) is 0 Å². The number of nitrogens with zero attached hydrogens (tertiary/aromatic N) is 1. The number of ether oxygens (including phenoxy) is 2. The molecule has 0 radical (unpaired) electrons. The molecule has 1 aromatic carbocycles. The maximum atomic E-state index is 8.84. The van der Waals surface area contributed by atoms with Crippen LogP contribution in [0, 0.1) is 11.3 Å². The highest BCUT2D eigenvalue weighted by atomic mass is 79.9. The Morgan fingerprint density at radius 2 is 2.29 bits per heavy atom. The molecule has 14 heavy (non-hydrogen) atoms. The first-order valence-corrected chi connectivity index (χ1v) is 5.03. The summed E-state index contributed by atoms with van der Waals surface area (Å²) in [6.07, 6.45) is 0.0939. The summed E-state index contributed by atoms with van der Waals surface area (Å²) in [4.78, 5) is 0. The van der Waals surface area contributed by atoms with Gasteiger partial charge in [0.25, 0.3) is 0 Å². The Morgan fingerprint density at radius 3 is 2.86 bits per heavy atom. The molecule has 0 atom stereocenters. The van der Waals surface area contributed by atoms with Gasteiger partial charge >= 0.3 is 0 Å². The maximum absolute atomic E-state index is 8.84. The van der Waals surface area contributed by atoms with E-state index >= 15 is 0 Å². The van der Waals surface area contributed by atoms with E-state index in [1.54, 1.807) is 12.1 Å². The second-order valence-electron chi connectivity index (χ2n) is 3.03. The lowest BCUT2D eigenvalue weighted by molar-refractivity contribution is -0.0797. The predicted molar refractivity (Wildman–Crippen MR) is 54.1 cm³/mol. The van der Waals surface area contributed by atoms with Crippen molar-refractivity contribution in [2.24, 2.45) is 0 Å². The van der Waals surface area contributed by atoms with Gasteiger partial charge in [0, 0.05) is 4.47 Å². The second kappa shape index (κ2) is 3.99. The zero-order valence-electron chi connectivity index (χ0n) is 7.37. The van der Waals surface area contributed by atoms with Crippen LogP contribution in [0.3, 0.4) is 0 Å². The highest BCUT2D eigenvalue weighted by molar-refractivity contribution is 9.10. The largest absolute Gasteiger partial charge is 0.484 e. The molecular formula is C10H8BrNO2. The minimum Gasteiger partial charge on any atom is -0.484 e. The van der Waals surface area contributed by atoms with Gasteiger partial charge < -0.3 is 9.47 Å². The lowest BCUT2D eigenvalue weighted by atomic mass is 10.2. The Hall–Kier alpha value is -1.05. The van der Waals surface area contributed by atoms with E-state index in [-0.39, 0.29) is 6.10 Å². The monoisotopic (exact) mass is 253 g/mol. The van der Waals surface area contributed by atoms with Gasteiger partial charge in [0.05, 0.1) is 18.8 Å². The Labute approximate surface area is 90.4 Å². The third kappa shape index (κ3) is 1.89. The average Bonchev–Trinajstić information content (AvgIpc) is 2.12. The second-order valence-corrected chi connectivity index (χ2v) is 3.95. The van der Waals surface area contributed by atoms with Gasteiger partial charge in [-0.1, -0.05) is 15.9 Å². The molecule has 4 heteroatoms. The Kier molecular flexibility index (Phi) is 2.71. The molecule has 1 heterocycles. The van der Waals surface area contributed by atoms with Crippen molar-refractivity contribution in [2.75, 3.05) is 13.2 Å². The average molecular weight is 254 g/mol. The number of halogens is 1. The van der Waals surface area contributed by atoms with Crippen LogP contribution in [0.2, 0.25) is 0 Å². The summed E-state index contributed by atoms with van der Waals surface area (Å²) in [5.74, 6) is 0.621. The normalized spacial score (nSPS) is 15.7. The van der Waals surface area contributed by atoms with Gasteiger partial charge in [0.1, 0.15) is 17.9 Å². The van der Waals surface area contributed by atoms with Crippen molar-refractivity contribution in [3.05, 3.63) is 28.2 Å². The summed E-state index contributed by atoms with van der Waals surface area (Å²) >= 11 is 3.33. The minimum atomic E-state index is 0.0939. The van der Waals surface area contributed by atoms with Crippen molar-refractivity contribution >= 4 is 15.9 Å². The van der Waals surface area contributed by atoms with Gasteiger partial charge in [-0.15, -0.1) is 0 Å². The first kappa shape index (κ1) is 9.50. The Bertz CT molecular complexity index is 382. The summed E-state index contributed by atoms with van der Waals surface area (Å²) in [5.41, 5.74) is 0.556. The van der Waals surface area contributed by atoms with Gasteiger partial charge in [-0.2, -0.15) is 5.26 Å². The first-order valence-electron chi connectivity index (χ1n) is 4.23. The van der Waals surface area contributed by atoms with E-state index in [0.717, 1.165) is 4.47 Å². The van der Waals surface area contributed by atoms with Crippen molar-refractivity contribution in [2.45, 2.75) is 6.10 Å². The van der Waals surface area contributed by atoms with Crippen molar-refractivity contribution in [1.29, 1.82) is 5.26 Å². The van der Waals surface area contributed by atoms with Crippen LogP contribution in [0.15, 0.2) is 22.7 Å². The highest BCUT2D eigenvalue weighted by Gasteiger charge is 2.21. The molecule has 2 rings (SSSR count). The standard InChI is InChI=1S/C10H8BrNO2/c11-8-2-1-7(4-12)10(3-8)14-9-5-13-6-9/h1-3,9H,5-6H2. The van der Waals surface area contributed by atoms with Gasteiger partial charge in [0.2, 0.25) is 0 Å². The lowest BCUT2D eigenvalue weighted by Gasteiger charge is -2.27. The summed E-state index contributed by atoms with van der Waals surface area (Å²) in [5, 5.41) is 8.84. The van der Waals surface area contributed by atoms with Crippen LogP contribution in [0.1, 0.15) is 5.56 Å². The topological polar surface area (TPSA) is 42.2 Å². The summed E-state index contributed by atoms with van der Waals surface area (Å²) in [6.45, 7) is 1.22. The molecule has 0 aromatic heterocycles. The molecule has 1 fully saturated rings. The van der Waals surface area contributed by atoms with E-state index in [1.807, 2.05) is 6.07 Å². The molecule has 1 aromatic rings. The molecule has 0 spiro atoms. The fourth-order valence-electron chi connectivity index (χ4n) is 1.15. The van der Waals surface area contributed by atoms with E-state index in [0.29, 0.717) is 24.5 Å². The van der Waals surface area contributed by atoms with Crippen LogP contribution in [0.4, 0.5) is 0 Å². The fourth-order valence-corrected chi connectivity index (χ4v) is 1.49. The molecule has 3 nitrogen and oxygen atoms in total. The molecule has 0 saturated carbocycles. The zero-order chi connectivity index (χ0) is 9.97. The van der Waals surface area contributed by atoms with Gasteiger partial charge in [-0.05, 0) is 18.2 Å². The number of benzene rings is 1. The molecule has 1 saturated heterocycles. The van der Waals surface area contributed by atoms with Crippen LogP contribution >= 0.6 is 15.9 Å². The molecule has 1 aliphatic heterocycles.